The maximum absolute atomic E-state index is 13.2. The molecule has 0 spiro atoms. The highest BCUT2D eigenvalue weighted by atomic mass is 19.1. The zero-order chi connectivity index (χ0) is 55.7. The standard InChI is InChI=1S/C32H26FN3O3.C30H26FNO4.C2H4O2/c1-20-16-27-26(19-25(20)31-35-14-15-36-31)28(10-13-34-27)39-24-8-4-22(5-9-24)18-30(38)32(11-12-32)29(37)17-21-2-6-23(33)7-3-21;1-19-15-25-24(18-27(19)35-2)26(11-14-32-25)36-23-9-5-21(6-10-23)17-29(34)30(12-13-30)28(33)16-20-3-7-22(31)8-4-20;1-4-2-3/h2-10,13-16,19H,11-12,17-18H2,1H3,(H,35,36);3-11,14-15,18H,12-13,16-17H2,1-2H3;2H,1H3. The van der Waals surface area contributed by atoms with Crippen molar-refractivity contribution in [3.05, 3.63) is 203 Å². The number of aryl methyl sites for hydroxylation is 2. The van der Waals surface area contributed by atoms with Crippen molar-refractivity contribution in [2.75, 3.05) is 14.2 Å². The number of halogens is 2. The van der Waals surface area contributed by atoms with Crippen LogP contribution in [0.3, 0.4) is 0 Å². The average molecular weight is 1060 g/mol. The number of H-pyrrole nitrogens is 1. The summed E-state index contributed by atoms with van der Waals surface area (Å²) in [4.78, 5) is 77.4. The molecular formula is C64H56F2N4O9. The number of nitrogens with zero attached hydrogens (tertiary/aromatic N) is 3. The minimum absolute atomic E-state index is 0.0640. The van der Waals surface area contributed by atoms with Crippen molar-refractivity contribution in [3.8, 4) is 40.1 Å². The van der Waals surface area contributed by atoms with Gasteiger partial charge < -0.3 is 23.9 Å². The molecule has 3 heterocycles. The lowest BCUT2D eigenvalue weighted by molar-refractivity contribution is -0.135. The third-order valence-corrected chi connectivity index (χ3v) is 14.3. The summed E-state index contributed by atoms with van der Waals surface area (Å²) in [5.41, 5.74) is 5.93. The Labute approximate surface area is 455 Å². The third kappa shape index (κ3) is 12.8. The van der Waals surface area contributed by atoms with Crippen LogP contribution in [0.1, 0.15) is 59.1 Å². The molecule has 0 saturated heterocycles. The number of pyridine rings is 2. The molecule has 6 aromatic carbocycles. The van der Waals surface area contributed by atoms with Gasteiger partial charge in [0, 0.05) is 66.8 Å². The number of aromatic amines is 1. The number of hydrogen-bond donors (Lipinski definition) is 1. The molecule has 0 aliphatic heterocycles. The highest BCUT2D eigenvalue weighted by Crippen LogP contribution is 2.50. The first-order valence-corrected chi connectivity index (χ1v) is 25.7. The van der Waals surface area contributed by atoms with Crippen molar-refractivity contribution in [2.45, 2.75) is 65.2 Å². The largest absolute Gasteiger partial charge is 0.496 e. The van der Waals surface area contributed by atoms with Crippen molar-refractivity contribution < 1.29 is 51.7 Å². The van der Waals surface area contributed by atoms with Crippen LogP contribution >= 0.6 is 0 Å². The zero-order valence-corrected chi connectivity index (χ0v) is 44.0. The number of imidazole rings is 1. The highest BCUT2D eigenvalue weighted by molar-refractivity contribution is 6.11. The minimum Gasteiger partial charge on any atom is -0.496 e. The van der Waals surface area contributed by atoms with Gasteiger partial charge in [-0.25, -0.2) is 13.8 Å². The van der Waals surface area contributed by atoms with Crippen LogP contribution in [0.15, 0.2) is 158 Å². The fourth-order valence-electron chi connectivity index (χ4n) is 9.49. The lowest BCUT2D eigenvalue weighted by Crippen LogP contribution is -2.28. The molecule has 0 atom stereocenters. The van der Waals surface area contributed by atoms with Gasteiger partial charge in [-0.3, -0.25) is 33.9 Å². The molecule has 9 aromatic rings. The monoisotopic (exact) mass is 1060 g/mol. The van der Waals surface area contributed by atoms with Gasteiger partial charge in [0.15, 0.2) is 23.1 Å². The molecule has 400 valence electrons. The zero-order valence-electron chi connectivity index (χ0n) is 44.0. The van der Waals surface area contributed by atoms with E-state index in [1.807, 2.05) is 92.7 Å². The fourth-order valence-corrected chi connectivity index (χ4v) is 9.49. The number of ketones is 4. The maximum atomic E-state index is 13.2. The molecule has 3 aromatic heterocycles. The number of carbonyl (C=O) groups excluding carboxylic acids is 5. The molecule has 15 heteroatoms. The number of Topliss-reactive ketones (excluding diaryl/α,β-unsaturated/α-hetero) is 4. The summed E-state index contributed by atoms with van der Waals surface area (Å²) in [6, 6.07) is 38.0. The van der Waals surface area contributed by atoms with Crippen LogP contribution < -0.4 is 14.2 Å². The van der Waals surface area contributed by atoms with Gasteiger partial charge in [-0.05, 0) is 158 Å². The van der Waals surface area contributed by atoms with E-state index < -0.39 is 10.8 Å². The van der Waals surface area contributed by atoms with Crippen molar-refractivity contribution in [2.24, 2.45) is 10.8 Å². The molecule has 0 amide bonds. The van der Waals surface area contributed by atoms with Crippen LogP contribution in [0, 0.1) is 36.3 Å². The summed E-state index contributed by atoms with van der Waals surface area (Å²) in [5.74, 6) is 3.13. The van der Waals surface area contributed by atoms with Crippen LogP contribution in [0.5, 0.6) is 28.7 Å². The average Bonchev–Trinajstić information content (AvgIpc) is 4.48. The van der Waals surface area contributed by atoms with Crippen LogP contribution in [0.25, 0.3) is 33.2 Å². The number of methoxy groups -OCH3 is 2. The SMILES string of the molecule is COC=O.COc1cc2c(Oc3ccc(CC(=O)C4(C(=O)Cc5ccc(F)cc5)CC4)cc3)ccnc2cc1C.Cc1cc2nccc(Oc3ccc(CC(=O)C4(C(=O)Cc5ccc(F)cc5)CC4)cc3)c2cc1-c1ncc[nH]1. The van der Waals surface area contributed by atoms with Gasteiger partial charge in [-0.2, -0.15) is 0 Å². The van der Waals surface area contributed by atoms with Crippen LogP contribution in [0.4, 0.5) is 8.78 Å². The van der Waals surface area contributed by atoms with Crippen molar-refractivity contribution in [3.63, 3.8) is 0 Å². The minimum atomic E-state index is -0.913. The molecule has 0 unspecified atom stereocenters. The second kappa shape index (κ2) is 24.0. The number of fused-ring (bicyclic) bond motifs is 2. The Hall–Kier alpha value is -9.24. The van der Waals surface area contributed by atoms with E-state index in [1.54, 1.807) is 62.2 Å². The lowest BCUT2D eigenvalue weighted by Gasteiger charge is -2.14. The Morgan fingerprint density at radius 3 is 1.28 bits per heavy atom. The Morgan fingerprint density at radius 2 is 0.911 bits per heavy atom. The number of hydrogen-bond acceptors (Lipinski definition) is 12. The molecule has 2 saturated carbocycles. The summed E-state index contributed by atoms with van der Waals surface area (Å²) in [6.45, 7) is 4.37. The van der Waals surface area contributed by atoms with E-state index in [1.165, 1.54) is 31.4 Å². The Morgan fingerprint density at radius 1 is 0.519 bits per heavy atom. The summed E-state index contributed by atoms with van der Waals surface area (Å²) in [5, 5.41) is 1.71. The Kier molecular flexibility index (Phi) is 16.6. The number of nitrogens with one attached hydrogen (secondary N) is 1. The van der Waals surface area contributed by atoms with Gasteiger partial charge in [0.1, 0.15) is 46.2 Å². The van der Waals surface area contributed by atoms with Gasteiger partial charge in [0.05, 0.1) is 36.1 Å². The van der Waals surface area contributed by atoms with E-state index in [4.69, 9.17) is 19.0 Å². The highest BCUT2D eigenvalue weighted by Gasteiger charge is 2.55. The summed E-state index contributed by atoms with van der Waals surface area (Å²) >= 11 is 0. The summed E-state index contributed by atoms with van der Waals surface area (Å²) in [7, 11) is 2.94. The number of ether oxygens (including phenoxy) is 4. The Bertz CT molecular complexity index is 3670. The van der Waals surface area contributed by atoms with E-state index in [2.05, 4.69) is 24.7 Å². The molecule has 2 fully saturated rings. The second-order valence-corrected chi connectivity index (χ2v) is 19.7. The van der Waals surface area contributed by atoms with Crippen molar-refractivity contribution in [1.29, 1.82) is 0 Å². The first-order valence-electron chi connectivity index (χ1n) is 25.7. The number of carbonyl (C=O) groups is 5. The van der Waals surface area contributed by atoms with Crippen molar-refractivity contribution in [1.82, 2.24) is 19.9 Å². The molecular weight excluding hydrogens is 1010 g/mol. The first kappa shape index (κ1) is 54.5. The van der Waals surface area contributed by atoms with E-state index in [9.17, 15) is 28.0 Å². The molecule has 2 aliphatic carbocycles. The topological polar surface area (TPSA) is 177 Å². The smallest absolute Gasteiger partial charge is 0.292 e. The van der Waals surface area contributed by atoms with Gasteiger partial charge in [0.25, 0.3) is 6.47 Å². The number of benzene rings is 6. The molecule has 2 aliphatic rings. The third-order valence-electron chi connectivity index (χ3n) is 14.3. The lowest BCUT2D eigenvalue weighted by atomic mass is 9.88. The van der Waals surface area contributed by atoms with Crippen LogP contribution in [0.2, 0.25) is 0 Å². The number of aromatic nitrogens is 4. The summed E-state index contributed by atoms with van der Waals surface area (Å²) < 4.78 is 48.0. The van der Waals surface area contributed by atoms with Crippen LogP contribution in [-0.2, 0) is 54.4 Å². The van der Waals surface area contributed by atoms with Crippen LogP contribution in [-0.4, -0.2) is 63.8 Å². The Balaban J connectivity index is 0.000000180. The van der Waals surface area contributed by atoms with Gasteiger partial charge in [-0.1, -0.05) is 48.5 Å². The quantitative estimate of drug-likeness (QED) is 0.0600. The van der Waals surface area contributed by atoms with E-state index in [-0.39, 0.29) is 60.5 Å². The molecule has 13 nitrogen and oxygen atoms in total. The van der Waals surface area contributed by atoms with Gasteiger partial charge in [0.2, 0.25) is 0 Å². The first-order chi connectivity index (χ1) is 38.2. The predicted octanol–water partition coefficient (Wildman–Crippen LogP) is 12.5. The van der Waals surface area contributed by atoms with Gasteiger partial charge >= 0.3 is 0 Å². The molecule has 79 heavy (non-hydrogen) atoms. The molecule has 11 rings (SSSR count). The summed E-state index contributed by atoms with van der Waals surface area (Å²) in [6.07, 6.45) is 9.87. The second-order valence-electron chi connectivity index (χ2n) is 19.7. The molecule has 0 bridgehead atoms. The van der Waals surface area contributed by atoms with E-state index in [0.717, 1.165) is 72.3 Å². The number of rotatable bonds is 19. The van der Waals surface area contributed by atoms with Crippen molar-refractivity contribution >= 4 is 51.4 Å². The molecule has 1 N–H and O–H groups in total. The van der Waals surface area contributed by atoms with E-state index >= 15 is 0 Å². The van der Waals surface area contributed by atoms with Gasteiger partial charge in [-0.15, -0.1) is 0 Å². The fraction of sp³-hybridized carbons (Fsp3) is 0.219. The normalized spacial score (nSPS) is 13.4. The molecule has 0 radical (unpaired) electrons. The maximum Gasteiger partial charge on any atom is 0.292 e. The predicted molar refractivity (Wildman–Crippen MR) is 294 cm³/mol. The van der Waals surface area contributed by atoms with E-state index in [0.29, 0.717) is 55.2 Å².